The van der Waals surface area contributed by atoms with Gasteiger partial charge in [-0.3, -0.25) is 4.52 Å². The topological polar surface area (TPSA) is 82.1 Å². The van der Waals surface area contributed by atoms with E-state index in [0.717, 1.165) is 0 Å². The number of aromatic hydroxyl groups is 1. The SMILES string of the molecule is O=[P+](Oc1ccccc1)Oc1ccc(O[P+](=O)c2ccc(O)cc2)cc1. The standard InChI is InChI=1S/C18H13O6P2/c19-14-6-12-18(13-7-14)25(20)22-16-8-10-17(11-9-16)24-26(21)23-15-4-2-1-3-5-15/h1-13H/q+1/p+1. The van der Waals surface area contributed by atoms with Crippen LogP contribution < -0.4 is 18.9 Å². The molecule has 0 fully saturated rings. The first-order valence-corrected chi connectivity index (χ1v) is 9.80. The van der Waals surface area contributed by atoms with Gasteiger partial charge in [0.25, 0.3) is 0 Å². The maximum absolute atomic E-state index is 12.1. The largest absolute Gasteiger partial charge is 0.805 e. The number of hydrogen-bond donors (Lipinski definition) is 1. The Morgan fingerprint density at radius 3 is 1.69 bits per heavy atom. The van der Waals surface area contributed by atoms with Gasteiger partial charge in [-0.1, -0.05) is 18.2 Å². The normalized spacial score (nSPS) is 11.4. The summed E-state index contributed by atoms with van der Waals surface area (Å²) >= 11 is 0. The quantitative estimate of drug-likeness (QED) is 0.577. The highest BCUT2D eigenvalue weighted by atomic mass is 31.1. The maximum atomic E-state index is 12.1. The van der Waals surface area contributed by atoms with Crippen LogP contribution in [0.4, 0.5) is 0 Å². The highest BCUT2D eigenvalue weighted by Gasteiger charge is 2.26. The van der Waals surface area contributed by atoms with Gasteiger partial charge in [-0.2, -0.15) is 0 Å². The molecule has 0 amide bonds. The van der Waals surface area contributed by atoms with E-state index in [1.807, 2.05) is 6.07 Å². The van der Waals surface area contributed by atoms with Crippen molar-refractivity contribution in [2.45, 2.75) is 0 Å². The molecule has 3 aromatic carbocycles. The zero-order valence-corrected chi connectivity index (χ0v) is 15.2. The molecule has 2 unspecified atom stereocenters. The van der Waals surface area contributed by atoms with Gasteiger partial charge in [0.05, 0.1) is 0 Å². The third kappa shape index (κ3) is 5.03. The molecule has 26 heavy (non-hydrogen) atoms. The maximum Gasteiger partial charge on any atom is 0.805 e. The second-order valence-corrected chi connectivity index (χ2v) is 7.08. The molecule has 3 aromatic rings. The van der Waals surface area contributed by atoms with Crippen molar-refractivity contribution < 1.29 is 27.8 Å². The number of hydrogen-bond acceptors (Lipinski definition) is 6. The van der Waals surface area contributed by atoms with Crippen molar-refractivity contribution in [3.8, 4) is 23.0 Å². The Balaban J connectivity index is 1.57. The van der Waals surface area contributed by atoms with Crippen LogP contribution in [0.1, 0.15) is 0 Å². The van der Waals surface area contributed by atoms with Crippen molar-refractivity contribution in [3.63, 3.8) is 0 Å². The van der Waals surface area contributed by atoms with Gasteiger partial charge in [0.15, 0.2) is 17.2 Å². The van der Waals surface area contributed by atoms with Gasteiger partial charge in [-0.25, -0.2) is 9.05 Å². The van der Waals surface area contributed by atoms with Gasteiger partial charge < -0.3 is 5.11 Å². The highest BCUT2D eigenvalue weighted by molar-refractivity contribution is 7.48. The Bertz CT molecular complexity index is 895. The summed E-state index contributed by atoms with van der Waals surface area (Å²) in [5.41, 5.74) is 0. The number of phenolic OH excluding ortho intramolecular Hbond substituents is 1. The van der Waals surface area contributed by atoms with Gasteiger partial charge in [0.2, 0.25) is 5.30 Å². The number of benzene rings is 3. The lowest BCUT2D eigenvalue weighted by Gasteiger charge is -1.96. The van der Waals surface area contributed by atoms with Crippen molar-refractivity contribution in [3.05, 3.63) is 78.9 Å². The molecule has 0 aromatic heterocycles. The lowest BCUT2D eigenvalue weighted by molar-refractivity contribution is 0.415. The summed E-state index contributed by atoms with van der Waals surface area (Å²) in [6.07, 6.45) is 0. The van der Waals surface area contributed by atoms with E-state index in [0.29, 0.717) is 22.6 Å². The Morgan fingerprint density at radius 1 is 0.615 bits per heavy atom. The fourth-order valence-corrected chi connectivity index (χ4v) is 3.39. The van der Waals surface area contributed by atoms with Crippen molar-refractivity contribution in [1.82, 2.24) is 0 Å². The van der Waals surface area contributed by atoms with Crippen LogP contribution in [0.5, 0.6) is 23.0 Å². The van der Waals surface area contributed by atoms with Crippen LogP contribution in [-0.4, -0.2) is 5.11 Å². The molecule has 0 bridgehead atoms. The van der Waals surface area contributed by atoms with Crippen LogP contribution in [-0.2, 0) is 9.13 Å². The van der Waals surface area contributed by atoms with E-state index in [4.69, 9.17) is 13.6 Å². The predicted octanol–water partition coefficient (Wildman–Crippen LogP) is 4.95. The van der Waals surface area contributed by atoms with E-state index < -0.39 is 16.3 Å². The molecule has 0 saturated carbocycles. The van der Waals surface area contributed by atoms with E-state index in [1.165, 1.54) is 36.4 Å². The van der Waals surface area contributed by atoms with Gasteiger partial charge in [-0.15, -0.1) is 0 Å². The van der Waals surface area contributed by atoms with Crippen LogP contribution >= 0.6 is 16.3 Å². The second kappa shape index (κ2) is 8.43. The number of para-hydroxylation sites is 1. The van der Waals surface area contributed by atoms with Crippen LogP contribution in [0.2, 0.25) is 0 Å². The molecule has 130 valence electrons. The summed E-state index contributed by atoms with van der Waals surface area (Å²) < 4.78 is 39.7. The predicted molar refractivity (Wildman–Crippen MR) is 97.7 cm³/mol. The first-order chi connectivity index (χ1) is 12.6. The van der Waals surface area contributed by atoms with Gasteiger partial charge in [0.1, 0.15) is 5.75 Å². The minimum absolute atomic E-state index is 0.0884. The molecule has 0 spiro atoms. The Labute approximate surface area is 151 Å². The van der Waals surface area contributed by atoms with Crippen LogP contribution in [0.3, 0.4) is 0 Å². The summed E-state index contributed by atoms with van der Waals surface area (Å²) in [7, 11) is -4.48. The third-order valence-corrected chi connectivity index (χ3v) is 4.99. The zero-order valence-electron chi connectivity index (χ0n) is 13.4. The molecule has 1 N–H and O–H groups in total. The average molecular weight is 388 g/mol. The van der Waals surface area contributed by atoms with Crippen molar-refractivity contribution in [2.24, 2.45) is 0 Å². The smallest absolute Gasteiger partial charge is 0.508 e. The van der Waals surface area contributed by atoms with Crippen molar-refractivity contribution in [1.29, 1.82) is 0 Å². The Kier molecular flexibility index (Phi) is 5.80. The number of rotatable bonds is 7. The van der Waals surface area contributed by atoms with Crippen LogP contribution in [0, 0.1) is 0 Å². The Morgan fingerprint density at radius 2 is 1.12 bits per heavy atom. The molecule has 2 atom stereocenters. The average Bonchev–Trinajstić information content (AvgIpc) is 2.64. The molecule has 6 nitrogen and oxygen atoms in total. The second-order valence-electron chi connectivity index (χ2n) is 5.06. The summed E-state index contributed by atoms with van der Waals surface area (Å²) in [6.45, 7) is 0. The molecular formula is C18H14O6P2+2. The van der Waals surface area contributed by atoms with E-state index in [2.05, 4.69) is 0 Å². The summed E-state index contributed by atoms with van der Waals surface area (Å²) in [6, 6.07) is 20.8. The molecule has 0 radical (unpaired) electrons. The van der Waals surface area contributed by atoms with Crippen molar-refractivity contribution >= 4 is 21.6 Å². The summed E-state index contributed by atoms with van der Waals surface area (Å²) in [4.78, 5) is 0. The molecule has 0 aliphatic carbocycles. The fourth-order valence-electron chi connectivity index (χ4n) is 1.96. The zero-order chi connectivity index (χ0) is 18.4. The third-order valence-electron chi connectivity index (χ3n) is 3.18. The lowest BCUT2D eigenvalue weighted by Crippen LogP contribution is -1.98. The lowest BCUT2D eigenvalue weighted by atomic mass is 10.3. The molecule has 0 aliphatic heterocycles. The number of phenols is 1. The molecule has 3 rings (SSSR count). The molecule has 0 aliphatic rings. The monoisotopic (exact) mass is 388 g/mol. The molecule has 0 saturated heterocycles. The van der Waals surface area contributed by atoms with Gasteiger partial charge in [-0.05, 0) is 65.2 Å². The highest BCUT2D eigenvalue weighted by Crippen LogP contribution is 2.33. The van der Waals surface area contributed by atoms with Crippen molar-refractivity contribution in [2.75, 3.05) is 0 Å². The van der Waals surface area contributed by atoms with E-state index in [9.17, 15) is 14.2 Å². The van der Waals surface area contributed by atoms with Gasteiger partial charge >= 0.3 is 16.3 Å². The van der Waals surface area contributed by atoms with E-state index in [-0.39, 0.29) is 5.75 Å². The summed E-state index contributed by atoms with van der Waals surface area (Å²) in [5, 5.41) is 9.70. The van der Waals surface area contributed by atoms with E-state index >= 15 is 0 Å². The fraction of sp³-hybridized carbons (Fsp3) is 0. The first kappa shape index (κ1) is 17.9. The minimum atomic E-state index is -2.37. The Hall–Kier alpha value is -2.94. The molecule has 0 heterocycles. The minimum Gasteiger partial charge on any atom is -0.508 e. The van der Waals surface area contributed by atoms with Crippen LogP contribution in [0.25, 0.3) is 0 Å². The molecule has 8 heteroatoms. The summed E-state index contributed by atoms with van der Waals surface area (Å²) in [5.74, 6) is 1.23. The van der Waals surface area contributed by atoms with E-state index in [1.54, 1.807) is 36.4 Å². The first-order valence-electron chi connectivity index (χ1n) is 7.53. The van der Waals surface area contributed by atoms with Gasteiger partial charge in [0, 0.05) is 4.57 Å². The van der Waals surface area contributed by atoms with Crippen LogP contribution in [0.15, 0.2) is 78.9 Å². The molecular weight excluding hydrogens is 374 g/mol.